The third kappa shape index (κ3) is 6.26. The smallest absolute Gasteiger partial charge is 0.262 e. The molecule has 0 aliphatic rings. The molecule has 0 saturated carbocycles. The van der Waals surface area contributed by atoms with E-state index in [1.54, 1.807) is 13.2 Å². The van der Waals surface area contributed by atoms with E-state index < -0.39 is 5.91 Å². The molecular weight excluding hydrogens is 498 g/mol. The van der Waals surface area contributed by atoms with E-state index in [1.807, 2.05) is 98.8 Å². The second-order valence-corrected chi connectivity index (χ2v) is 9.14. The number of nitrogens with zero attached hydrogens (tertiary/aromatic N) is 2. The zero-order valence-corrected chi connectivity index (χ0v) is 22.3. The third-order valence-electron chi connectivity index (χ3n) is 6.19. The highest BCUT2D eigenvalue weighted by Crippen LogP contribution is 2.25. The summed E-state index contributed by atoms with van der Waals surface area (Å²) in [5.74, 6) is 1.05. The summed E-state index contributed by atoms with van der Waals surface area (Å²) in [7, 11) is 1.60. The fourth-order valence-electron chi connectivity index (χ4n) is 4.12. The molecule has 0 aliphatic carbocycles. The summed E-state index contributed by atoms with van der Waals surface area (Å²) in [5, 5.41) is 13.2. The predicted molar refractivity (Wildman–Crippen MR) is 149 cm³/mol. The summed E-state index contributed by atoms with van der Waals surface area (Å²) in [6.07, 6.45) is 1.63. The predicted octanol–water partition coefficient (Wildman–Crippen LogP) is 6.56. The molecule has 6 nitrogen and oxygen atoms in total. The van der Waals surface area contributed by atoms with Gasteiger partial charge in [0.25, 0.3) is 5.91 Å². The van der Waals surface area contributed by atoms with Crippen LogP contribution in [0.15, 0.2) is 84.4 Å². The van der Waals surface area contributed by atoms with Gasteiger partial charge in [-0.25, -0.2) is 0 Å². The van der Waals surface area contributed by atoms with Crippen LogP contribution < -0.4 is 14.8 Å². The van der Waals surface area contributed by atoms with Crippen LogP contribution in [-0.4, -0.2) is 17.6 Å². The number of carbonyl (C=O) groups is 1. The number of benzene rings is 3. The molecule has 7 heteroatoms. The summed E-state index contributed by atoms with van der Waals surface area (Å²) in [5.41, 5.74) is 5.53. The van der Waals surface area contributed by atoms with Crippen LogP contribution >= 0.6 is 11.6 Å². The molecule has 0 atom stereocenters. The van der Waals surface area contributed by atoms with Crippen LogP contribution in [0.25, 0.3) is 11.8 Å². The molecule has 4 rings (SSSR count). The summed E-state index contributed by atoms with van der Waals surface area (Å²) in [6, 6.07) is 26.8. The lowest BCUT2D eigenvalue weighted by Crippen LogP contribution is -2.23. The van der Waals surface area contributed by atoms with Crippen molar-refractivity contribution < 1.29 is 14.3 Å². The van der Waals surface area contributed by atoms with Gasteiger partial charge in [-0.1, -0.05) is 41.9 Å². The highest BCUT2D eigenvalue weighted by Gasteiger charge is 2.14. The Hall–Kier alpha value is -4.47. The van der Waals surface area contributed by atoms with Crippen LogP contribution in [0.1, 0.15) is 28.1 Å². The van der Waals surface area contributed by atoms with Gasteiger partial charge in [0.05, 0.1) is 7.11 Å². The summed E-state index contributed by atoms with van der Waals surface area (Å²) < 4.78 is 13.1. The SMILES string of the molecule is COc1ccc(CNC(=O)/C(C#N)=C/c2cc(C)n(-c3ccc(OCc4ccccc4Cl)cc3)c2C)cc1. The molecule has 38 heavy (non-hydrogen) atoms. The number of nitrogens with one attached hydrogen (secondary N) is 1. The Morgan fingerprint density at radius 3 is 2.37 bits per heavy atom. The molecule has 4 aromatic rings. The topological polar surface area (TPSA) is 76.3 Å². The van der Waals surface area contributed by atoms with Gasteiger partial charge in [0.15, 0.2) is 0 Å². The van der Waals surface area contributed by atoms with Gasteiger partial charge in [-0.2, -0.15) is 5.26 Å². The first-order valence-electron chi connectivity index (χ1n) is 12.1. The highest BCUT2D eigenvalue weighted by molar-refractivity contribution is 6.31. The number of methoxy groups -OCH3 is 1. The fourth-order valence-corrected chi connectivity index (χ4v) is 4.31. The Morgan fingerprint density at radius 1 is 1.03 bits per heavy atom. The third-order valence-corrected chi connectivity index (χ3v) is 6.56. The van der Waals surface area contributed by atoms with Crippen molar-refractivity contribution in [3.05, 3.63) is 118 Å². The van der Waals surface area contributed by atoms with Gasteiger partial charge in [0, 0.05) is 34.2 Å². The van der Waals surface area contributed by atoms with Crippen molar-refractivity contribution in [1.82, 2.24) is 9.88 Å². The zero-order chi connectivity index (χ0) is 27.1. The van der Waals surface area contributed by atoms with Crippen LogP contribution in [-0.2, 0) is 17.9 Å². The van der Waals surface area contributed by atoms with Crippen molar-refractivity contribution in [2.45, 2.75) is 27.0 Å². The monoisotopic (exact) mass is 525 g/mol. The Kier molecular flexibility index (Phi) is 8.52. The number of hydrogen-bond acceptors (Lipinski definition) is 4. The number of amides is 1. The maximum atomic E-state index is 12.7. The van der Waals surface area contributed by atoms with Crippen LogP contribution in [0.5, 0.6) is 11.5 Å². The standard InChI is InChI=1S/C31H28ClN3O3/c1-21-16-25(17-26(18-33)31(36)34-19-23-8-12-28(37-3)13-9-23)22(2)35(21)27-10-14-29(15-11-27)38-20-24-6-4-5-7-30(24)32/h4-17H,19-20H2,1-3H3,(H,34,36)/b26-17+. The molecule has 0 unspecified atom stereocenters. The van der Waals surface area contributed by atoms with Crippen molar-refractivity contribution >= 4 is 23.6 Å². The van der Waals surface area contributed by atoms with E-state index in [0.717, 1.165) is 45.3 Å². The van der Waals surface area contributed by atoms with E-state index in [0.29, 0.717) is 18.2 Å². The van der Waals surface area contributed by atoms with Crippen molar-refractivity contribution in [2.75, 3.05) is 7.11 Å². The Balaban J connectivity index is 1.46. The van der Waals surface area contributed by atoms with E-state index in [-0.39, 0.29) is 5.57 Å². The molecule has 0 fully saturated rings. The van der Waals surface area contributed by atoms with Crippen molar-refractivity contribution in [2.24, 2.45) is 0 Å². The second kappa shape index (κ2) is 12.2. The molecule has 0 saturated heterocycles. The van der Waals surface area contributed by atoms with E-state index in [4.69, 9.17) is 21.1 Å². The lowest BCUT2D eigenvalue weighted by Gasteiger charge is -2.12. The van der Waals surface area contributed by atoms with Crippen LogP contribution in [0.2, 0.25) is 5.02 Å². The minimum atomic E-state index is -0.423. The number of aromatic nitrogens is 1. The number of ether oxygens (including phenoxy) is 2. The van der Waals surface area contributed by atoms with E-state index in [2.05, 4.69) is 9.88 Å². The first-order valence-corrected chi connectivity index (χ1v) is 12.5. The minimum Gasteiger partial charge on any atom is -0.497 e. The van der Waals surface area contributed by atoms with Gasteiger partial charge < -0.3 is 19.4 Å². The Morgan fingerprint density at radius 2 is 1.71 bits per heavy atom. The summed E-state index contributed by atoms with van der Waals surface area (Å²) in [4.78, 5) is 12.7. The molecule has 1 heterocycles. The van der Waals surface area contributed by atoms with Crippen molar-refractivity contribution in [3.63, 3.8) is 0 Å². The lowest BCUT2D eigenvalue weighted by molar-refractivity contribution is -0.117. The number of halogens is 1. The van der Waals surface area contributed by atoms with Gasteiger partial charge in [0.1, 0.15) is 29.7 Å². The molecule has 3 aromatic carbocycles. The number of hydrogen-bond donors (Lipinski definition) is 1. The Labute approximate surface area is 227 Å². The number of carbonyl (C=O) groups excluding carboxylic acids is 1. The van der Waals surface area contributed by atoms with Crippen LogP contribution in [0.4, 0.5) is 0 Å². The maximum Gasteiger partial charge on any atom is 0.262 e. The molecule has 1 aromatic heterocycles. The molecule has 1 amide bonds. The largest absolute Gasteiger partial charge is 0.497 e. The number of aryl methyl sites for hydroxylation is 1. The zero-order valence-electron chi connectivity index (χ0n) is 21.5. The minimum absolute atomic E-state index is 0.0436. The molecule has 0 spiro atoms. The molecular formula is C31H28ClN3O3. The van der Waals surface area contributed by atoms with Crippen LogP contribution in [0, 0.1) is 25.2 Å². The fraction of sp³-hybridized carbons (Fsp3) is 0.161. The lowest BCUT2D eigenvalue weighted by atomic mass is 10.1. The Bertz CT molecular complexity index is 1500. The number of rotatable bonds is 9. The van der Waals surface area contributed by atoms with E-state index in [9.17, 15) is 10.1 Å². The second-order valence-electron chi connectivity index (χ2n) is 8.74. The van der Waals surface area contributed by atoms with E-state index in [1.165, 1.54) is 0 Å². The molecule has 0 radical (unpaired) electrons. The highest BCUT2D eigenvalue weighted by atomic mass is 35.5. The van der Waals surface area contributed by atoms with E-state index >= 15 is 0 Å². The molecule has 1 N–H and O–H groups in total. The summed E-state index contributed by atoms with van der Waals surface area (Å²) >= 11 is 6.22. The average molecular weight is 526 g/mol. The first kappa shape index (κ1) is 26.6. The van der Waals surface area contributed by atoms with Gasteiger partial charge in [-0.15, -0.1) is 0 Å². The van der Waals surface area contributed by atoms with Gasteiger partial charge >= 0.3 is 0 Å². The summed E-state index contributed by atoms with van der Waals surface area (Å²) in [6.45, 7) is 4.64. The maximum absolute atomic E-state index is 12.7. The number of nitriles is 1. The van der Waals surface area contributed by atoms with Gasteiger partial charge in [0.2, 0.25) is 0 Å². The van der Waals surface area contributed by atoms with Crippen molar-refractivity contribution in [1.29, 1.82) is 5.26 Å². The van der Waals surface area contributed by atoms with Gasteiger partial charge in [-0.05, 0) is 79.6 Å². The quantitative estimate of drug-likeness (QED) is 0.198. The van der Waals surface area contributed by atoms with Gasteiger partial charge in [-0.3, -0.25) is 4.79 Å². The molecule has 0 aliphatic heterocycles. The van der Waals surface area contributed by atoms with Crippen LogP contribution in [0.3, 0.4) is 0 Å². The molecule has 192 valence electrons. The molecule has 0 bridgehead atoms. The average Bonchev–Trinajstić information content (AvgIpc) is 3.22. The van der Waals surface area contributed by atoms with Crippen molar-refractivity contribution in [3.8, 4) is 23.3 Å². The first-order chi connectivity index (χ1) is 18.4. The normalized spacial score (nSPS) is 11.1.